The average molecular weight is 339 g/mol. The van der Waals surface area contributed by atoms with E-state index in [-0.39, 0.29) is 27.4 Å². The zero-order chi connectivity index (χ0) is 16.1. The van der Waals surface area contributed by atoms with Gasteiger partial charge in [-0.3, -0.25) is 4.79 Å². The van der Waals surface area contributed by atoms with E-state index in [0.29, 0.717) is 11.1 Å². The molecule has 3 nitrogen and oxygen atoms in total. The number of nitrogens with one attached hydrogen (secondary N) is 1. The number of nitrogens with zero attached hydrogens (tertiary/aromatic N) is 1. The van der Waals surface area contributed by atoms with Crippen molar-refractivity contribution in [1.29, 1.82) is 5.26 Å². The summed E-state index contributed by atoms with van der Waals surface area (Å²) in [5, 5.41) is 11.4. The van der Waals surface area contributed by atoms with Crippen LogP contribution in [0.1, 0.15) is 15.9 Å². The van der Waals surface area contributed by atoms with Crippen molar-refractivity contribution >= 4 is 35.0 Å². The first kappa shape index (κ1) is 16.3. The van der Waals surface area contributed by atoms with Crippen molar-refractivity contribution in [3.8, 4) is 6.07 Å². The van der Waals surface area contributed by atoms with Crippen LogP contribution in [-0.4, -0.2) is 11.7 Å². The van der Waals surface area contributed by atoms with E-state index in [1.807, 2.05) is 6.07 Å². The number of hydrogen-bond donors (Lipinski definition) is 1. The minimum Gasteiger partial charge on any atom is -0.321 e. The zero-order valence-electron chi connectivity index (χ0n) is 11.0. The van der Waals surface area contributed by atoms with Crippen LogP contribution in [0, 0.1) is 11.3 Å². The van der Waals surface area contributed by atoms with Gasteiger partial charge in [0.1, 0.15) is 0 Å². The number of amides is 1. The number of rotatable bonds is 4. The van der Waals surface area contributed by atoms with Gasteiger partial charge in [0.05, 0.1) is 27.2 Å². The molecule has 0 atom stereocenters. The van der Waals surface area contributed by atoms with Gasteiger partial charge in [-0.25, -0.2) is 0 Å². The summed E-state index contributed by atoms with van der Waals surface area (Å²) in [6.45, 7) is 0. The molecule has 0 aliphatic rings. The molecule has 112 valence electrons. The van der Waals surface area contributed by atoms with Gasteiger partial charge in [-0.2, -0.15) is 14.0 Å². The van der Waals surface area contributed by atoms with E-state index in [9.17, 15) is 13.6 Å². The molecule has 0 radical (unpaired) electrons. The Hall–Kier alpha value is -2.10. The van der Waals surface area contributed by atoms with E-state index in [1.54, 1.807) is 6.07 Å². The second-order valence-electron chi connectivity index (χ2n) is 4.14. The van der Waals surface area contributed by atoms with Crippen LogP contribution in [0.5, 0.6) is 0 Å². The van der Waals surface area contributed by atoms with Crippen LogP contribution >= 0.6 is 23.4 Å². The number of anilines is 1. The third kappa shape index (κ3) is 3.97. The summed E-state index contributed by atoms with van der Waals surface area (Å²) < 4.78 is 25.2. The number of carbonyl (C=O) groups excluding carboxylic acids is 1. The van der Waals surface area contributed by atoms with Crippen molar-refractivity contribution in [2.45, 2.75) is 10.7 Å². The van der Waals surface area contributed by atoms with Crippen LogP contribution in [0.4, 0.5) is 14.5 Å². The van der Waals surface area contributed by atoms with E-state index >= 15 is 0 Å². The van der Waals surface area contributed by atoms with E-state index in [2.05, 4.69) is 5.32 Å². The Balaban J connectivity index is 2.24. The molecule has 7 heteroatoms. The standard InChI is InChI=1S/C15H9ClF2N2OS/c16-11-2-1-3-12(13(11)22-15(17)18)20-14(21)10-6-4-9(8-19)5-7-10/h1-7,15H,(H,20,21). The molecular weight excluding hydrogens is 330 g/mol. The highest BCUT2D eigenvalue weighted by Gasteiger charge is 2.16. The molecular formula is C15H9ClF2N2OS. The van der Waals surface area contributed by atoms with Crippen LogP contribution in [0.25, 0.3) is 0 Å². The molecule has 0 aliphatic heterocycles. The Bertz CT molecular complexity index is 729. The molecule has 0 saturated heterocycles. The van der Waals surface area contributed by atoms with Crippen LogP contribution in [0.3, 0.4) is 0 Å². The van der Waals surface area contributed by atoms with E-state index < -0.39 is 11.7 Å². The third-order valence-corrected chi connectivity index (χ3v) is 3.98. The lowest BCUT2D eigenvalue weighted by atomic mass is 10.1. The number of carbonyl (C=O) groups is 1. The number of alkyl halides is 2. The summed E-state index contributed by atoms with van der Waals surface area (Å²) in [5.41, 5.74) is 0.951. The fourth-order valence-corrected chi connectivity index (χ4v) is 2.62. The number of nitriles is 1. The van der Waals surface area contributed by atoms with Crippen molar-refractivity contribution in [1.82, 2.24) is 0 Å². The minimum absolute atomic E-state index is 0.112. The predicted octanol–water partition coefficient (Wildman–Crippen LogP) is 4.78. The Kier molecular flexibility index (Phi) is 5.36. The molecule has 2 aromatic carbocycles. The Morgan fingerprint density at radius 3 is 2.50 bits per heavy atom. The van der Waals surface area contributed by atoms with Crippen LogP contribution in [0.15, 0.2) is 47.4 Å². The molecule has 0 saturated carbocycles. The SMILES string of the molecule is N#Cc1ccc(C(=O)Nc2cccc(Cl)c2SC(F)F)cc1. The number of halogens is 3. The highest BCUT2D eigenvalue weighted by atomic mass is 35.5. The molecule has 0 aliphatic carbocycles. The van der Waals surface area contributed by atoms with Gasteiger partial charge in [0.25, 0.3) is 11.7 Å². The molecule has 0 spiro atoms. The second kappa shape index (κ2) is 7.25. The average Bonchev–Trinajstić information content (AvgIpc) is 2.50. The molecule has 0 unspecified atom stereocenters. The van der Waals surface area contributed by atoms with Gasteiger partial charge in [0, 0.05) is 5.56 Å². The first-order chi connectivity index (χ1) is 10.5. The van der Waals surface area contributed by atoms with Crippen LogP contribution in [-0.2, 0) is 0 Å². The van der Waals surface area contributed by atoms with Gasteiger partial charge < -0.3 is 5.32 Å². The predicted molar refractivity (Wildman–Crippen MR) is 82.4 cm³/mol. The molecule has 1 amide bonds. The van der Waals surface area contributed by atoms with E-state index in [1.165, 1.54) is 36.4 Å². The fourth-order valence-electron chi connectivity index (χ4n) is 1.71. The smallest absolute Gasteiger partial charge is 0.289 e. The molecule has 0 bridgehead atoms. The first-order valence-electron chi connectivity index (χ1n) is 6.06. The van der Waals surface area contributed by atoms with Crippen molar-refractivity contribution in [2.24, 2.45) is 0 Å². The Morgan fingerprint density at radius 1 is 1.23 bits per heavy atom. The minimum atomic E-state index is -2.65. The van der Waals surface area contributed by atoms with Crippen molar-refractivity contribution < 1.29 is 13.6 Å². The maximum atomic E-state index is 12.6. The lowest BCUT2D eigenvalue weighted by molar-refractivity contribution is 0.102. The second-order valence-corrected chi connectivity index (χ2v) is 5.55. The molecule has 0 aromatic heterocycles. The largest absolute Gasteiger partial charge is 0.321 e. The molecule has 22 heavy (non-hydrogen) atoms. The monoisotopic (exact) mass is 338 g/mol. The van der Waals surface area contributed by atoms with E-state index in [0.717, 1.165) is 0 Å². The third-order valence-electron chi connectivity index (χ3n) is 2.70. The number of benzene rings is 2. The van der Waals surface area contributed by atoms with Crippen LogP contribution in [0.2, 0.25) is 5.02 Å². The van der Waals surface area contributed by atoms with Gasteiger partial charge in [0.2, 0.25) is 0 Å². The topological polar surface area (TPSA) is 52.9 Å². The molecule has 2 rings (SSSR count). The molecule has 0 heterocycles. The normalized spacial score (nSPS) is 10.3. The summed E-state index contributed by atoms with van der Waals surface area (Å²) in [6.07, 6.45) is 0. The highest BCUT2D eigenvalue weighted by Crippen LogP contribution is 2.37. The van der Waals surface area contributed by atoms with Crippen molar-refractivity contribution in [3.05, 3.63) is 58.6 Å². The van der Waals surface area contributed by atoms with Crippen LogP contribution < -0.4 is 5.32 Å². The summed E-state index contributed by atoms with van der Waals surface area (Å²) in [5.74, 6) is -3.12. The van der Waals surface area contributed by atoms with Gasteiger partial charge in [0.15, 0.2) is 0 Å². The highest BCUT2D eigenvalue weighted by molar-refractivity contribution is 7.99. The van der Waals surface area contributed by atoms with Gasteiger partial charge in [-0.05, 0) is 36.4 Å². The Labute approximate surface area is 134 Å². The van der Waals surface area contributed by atoms with Crippen molar-refractivity contribution in [3.63, 3.8) is 0 Å². The van der Waals surface area contributed by atoms with Gasteiger partial charge >= 0.3 is 0 Å². The molecule has 2 aromatic rings. The molecule has 0 fully saturated rings. The summed E-state index contributed by atoms with van der Waals surface area (Å²) in [7, 11) is 0. The first-order valence-corrected chi connectivity index (χ1v) is 7.32. The quantitative estimate of drug-likeness (QED) is 0.816. The van der Waals surface area contributed by atoms with Gasteiger partial charge in [-0.15, -0.1) is 0 Å². The summed E-state index contributed by atoms with van der Waals surface area (Å²) >= 11 is 6.17. The van der Waals surface area contributed by atoms with E-state index in [4.69, 9.17) is 16.9 Å². The molecule has 1 N–H and O–H groups in total. The van der Waals surface area contributed by atoms with Gasteiger partial charge in [-0.1, -0.05) is 29.4 Å². The Morgan fingerprint density at radius 2 is 1.91 bits per heavy atom. The lowest BCUT2D eigenvalue weighted by Gasteiger charge is -2.12. The summed E-state index contributed by atoms with van der Waals surface area (Å²) in [4.78, 5) is 12.2. The number of thioether (sulfide) groups is 1. The number of hydrogen-bond acceptors (Lipinski definition) is 3. The fraction of sp³-hybridized carbons (Fsp3) is 0.0667. The zero-order valence-corrected chi connectivity index (χ0v) is 12.6. The van der Waals surface area contributed by atoms with Crippen molar-refractivity contribution in [2.75, 3.05) is 5.32 Å². The summed E-state index contributed by atoms with van der Waals surface area (Å²) in [6, 6.07) is 12.5. The lowest BCUT2D eigenvalue weighted by Crippen LogP contribution is -2.12. The maximum Gasteiger partial charge on any atom is 0.289 e. The maximum absolute atomic E-state index is 12.6.